The fourth-order valence-electron chi connectivity index (χ4n) is 3.26. The third-order valence-corrected chi connectivity index (χ3v) is 4.90. The highest BCUT2D eigenvalue weighted by Crippen LogP contribution is 2.31. The first kappa shape index (κ1) is 31.9. The summed E-state index contributed by atoms with van der Waals surface area (Å²) in [4.78, 5) is 41.6. The van der Waals surface area contributed by atoms with Crippen LogP contribution in [-0.2, 0) is 9.59 Å². The zero-order valence-corrected chi connectivity index (χ0v) is 22.7. The lowest BCUT2D eigenvalue weighted by Crippen LogP contribution is -2.49. The molecule has 2 aromatic heterocycles. The number of alkyl halides is 3. The zero-order chi connectivity index (χ0) is 30.1. The largest absolute Gasteiger partial charge is 0.493 e. The molecule has 12 heteroatoms. The highest BCUT2D eigenvalue weighted by Gasteiger charge is 2.38. The second-order valence-electron chi connectivity index (χ2n) is 10.1. The number of nitrogens with zero attached hydrogens (tertiary/aromatic N) is 2. The SMILES string of the molecule is CC(C)COc1ccc(N(C(=O)c2ccco2)C(C(=O)NC(C)(C)C)c2cccnc2)cc1.O=C(O)C(F)(F)F. The van der Waals surface area contributed by atoms with E-state index < -0.39 is 29.6 Å². The monoisotopic (exact) mass is 563 g/mol. The van der Waals surface area contributed by atoms with Gasteiger partial charge in [0, 0.05) is 29.2 Å². The Morgan fingerprint density at radius 3 is 2.12 bits per heavy atom. The highest BCUT2D eigenvalue weighted by molar-refractivity contribution is 6.08. The Balaban J connectivity index is 0.000000708. The molecule has 9 nitrogen and oxygen atoms in total. The predicted molar refractivity (Wildman–Crippen MR) is 141 cm³/mol. The normalized spacial score (nSPS) is 12.1. The number of hydrogen-bond donors (Lipinski definition) is 2. The van der Waals surface area contributed by atoms with Crippen LogP contribution in [0.1, 0.15) is 56.8 Å². The van der Waals surface area contributed by atoms with Crippen LogP contribution in [0.4, 0.5) is 18.9 Å². The fraction of sp³-hybridized carbons (Fsp3) is 0.357. The van der Waals surface area contributed by atoms with E-state index in [-0.39, 0.29) is 11.7 Å². The number of amides is 2. The minimum absolute atomic E-state index is 0.132. The number of pyridine rings is 1. The Bertz CT molecular complexity index is 1240. The summed E-state index contributed by atoms with van der Waals surface area (Å²) in [6, 6.07) is 12.9. The summed E-state index contributed by atoms with van der Waals surface area (Å²) in [5, 5.41) is 10.1. The van der Waals surface area contributed by atoms with Crippen molar-refractivity contribution in [1.82, 2.24) is 10.3 Å². The number of aliphatic carboxylic acids is 1. The summed E-state index contributed by atoms with van der Waals surface area (Å²) in [7, 11) is 0. The molecule has 2 amide bonds. The van der Waals surface area contributed by atoms with Gasteiger partial charge in [-0.1, -0.05) is 19.9 Å². The maximum absolute atomic E-state index is 13.6. The zero-order valence-electron chi connectivity index (χ0n) is 22.7. The lowest BCUT2D eigenvalue weighted by Gasteiger charge is -2.33. The lowest BCUT2D eigenvalue weighted by molar-refractivity contribution is -0.192. The van der Waals surface area contributed by atoms with Crippen molar-refractivity contribution in [3.05, 3.63) is 78.5 Å². The van der Waals surface area contributed by atoms with Crippen LogP contribution in [0.3, 0.4) is 0 Å². The van der Waals surface area contributed by atoms with Crippen LogP contribution in [0.5, 0.6) is 5.75 Å². The Hall–Kier alpha value is -4.35. The van der Waals surface area contributed by atoms with E-state index in [4.69, 9.17) is 19.1 Å². The van der Waals surface area contributed by atoms with E-state index in [2.05, 4.69) is 24.1 Å². The van der Waals surface area contributed by atoms with Gasteiger partial charge in [-0.15, -0.1) is 0 Å². The molecule has 0 saturated heterocycles. The number of furan rings is 1. The number of benzene rings is 1. The Labute approximate surface area is 230 Å². The number of aromatic nitrogens is 1. The maximum atomic E-state index is 13.6. The first-order valence-electron chi connectivity index (χ1n) is 12.2. The first-order valence-corrected chi connectivity index (χ1v) is 12.2. The molecule has 1 unspecified atom stereocenters. The van der Waals surface area contributed by atoms with E-state index in [1.54, 1.807) is 60.9 Å². The molecule has 0 aliphatic rings. The molecule has 0 aliphatic carbocycles. The van der Waals surface area contributed by atoms with E-state index in [1.807, 2.05) is 20.8 Å². The van der Waals surface area contributed by atoms with Gasteiger partial charge in [0.15, 0.2) is 5.76 Å². The van der Waals surface area contributed by atoms with Gasteiger partial charge in [0.1, 0.15) is 11.8 Å². The number of carboxylic acid groups (broad SMARTS) is 1. The maximum Gasteiger partial charge on any atom is 0.490 e. The molecule has 0 bridgehead atoms. The van der Waals surface area contributed by atoms with Gasteiger partial charge in [-0.2, -0.15) is 13.2 Å². The van der Waals surface area contributed by atoms with E-state index >= 15 is 0 Å². The average Bonchev–Trinajstić information content (AvgIpc) is 3.40. The molecule has 40 heavy (non-hydrogen) atoms. The Kier molecular flexibility index (Phi) is 10.9. The molecule has 216 valence electrons. The number of carboxylic acids is 1. The molecule has 1 aromatic carbocycles. The quantitative estimate of drug-likeness (QED) is 0.363. The van der Waals surface area contributed by atoms with Crippen molar-refractivity contribution < 1.29 is 41.8 Å². The van der Waals surface area contributed by atoms with Crippen molar-refractivity contribution in [1.29, 1.82) is 0 Å². The van der Waals surface area contributed by atoms with Crippen molar-refractivity contribution in [2.75, 3.05) is 11.5 Å². The topological polar surface area (TPSA) is 122 Å². The number of carbonyl (C=O) groups is 3. The van der Waals surface area contributed by atoms with E-state index in [9.17, 15) is 22.8 Å². The summed E-state index contributed by atoms with van der Waals surface area (Å²) in [6.07, 6.45) is -0.431. The van der Waals surface area contributed by atoms with Crippen LogP contribution in [0, 0.1) is 5.92 Å². The minimum atomic E-state index is -5.08. The second-order valence-corrected chi connectivity index (χ2v) is 10.1. The molecule has 0 aliphatic heterocycles. The van der Waals surface area contributed by atoms with Crippen molar-refractivity contribution >= 4 is 23.5 Å². The van der Waals surface area contributed by atoms with E-state index in [1.165, 1.54) is 11.2 Å². The minimum Gasteiger partial charge on any atom is -0.493 e. The molecule has 1 atom stereocenters. The number of carbonyl (C=O) groups excluding carboxylic acids is 2. The summed E-state index contributed by atoms with van der Waals surface area (Å²) in [5.41, 5.74) is 0.622. The van der Waals surface area contributed by atoms with E-state index in [0.717, 1.165) is 0 Å². The molecule has 0 spiro atoms. The average molecular weight is 564 g/mol. The first-order chi connectivity index (χ1) is 18.6. The molecule has 3 rings (SSSR count). The van der Waals surface area contributed by atoms with Crippen LogP contribution >= 0.6 is 0 Å². The molecule has 2 N–H and O–H groups in total. The lowest BCUT2D eigenvalue weighted by atomic mass is 10.0. The number of anilines is 1. The molecule has 0 fully saturated rings. The fourth-order valence-corrected chi connectivity index (χ4v) is 3.26. The Morgan fingerprint density at radius 1 is 1.05 bits per heavy atom. The summed E-state index contributed by atoms with van der Waals surface area (Å²) in [6.45, 7) is 10.4. The molecule has 2 heterocycles. The molecular formula is C28H32F3N3O6. The molecule has 0 radical (unpaired) electrons. The Morgan fingerprint density at radius 2 is 1.68 bits per heavy atom. The summed E-state index contributed by atoms with van der Waals surface area (Å²) in [5.74, 6) is -2.31. The number of halogens is 3. The van der Waals surface area contributed by atoms with Crippen LogP contribution < -0.4 is 15.0 Å². The van der Waals surface area contributed by atoms with Gasteiger partial charge >= 0.3 is 12.1 Å². The van der Waals surface area contributed by atoms with Crippen LogP contribution in [-0.4, -0.2) is 46.2 Å². The summed E-state index contributed by atoms with van der Waals surface area (Å²) >= 11 is 0. The van der Waals surface area contributed by atoms with Crippen molar-refractivity contribution in [3.63, 3.8) is 0 Å². The highest BCUT2D eigenvalue weighted by atomic mass is 19.4. The molecular weight excluding hydrogens is 531 g/mol. The van der Waals surface area contributed by atoms with E-state index in [0.29, 0.717) is 29.5 Å². The van der Waals surface area contributed by atoms with Crippen LogP contribution in [0.15, 0.2) is 71.6 Å². The van der Waals surface area contributed by atoms with Crippen molar-refractivity contribution in [2.45, 2.75) is 52.4 Å². The van der Waals surface area contributed by atoms with Gasteiger partial charge in [0.25, 0.3) is 5.91 Å². The molecule has 0 saturated carbocycles. The number of nitrogens with one attached hydrogen (secondary N) is 1. The van der Waals surface area contributed by atoms with Gasteiger partial charge < -0.3 is 19.6 Å². The molecule has 3 aromatic rings. The number of rotatable bonds is 8. The number of ether oxygens (including phenoxy) is 1. The third kappa shape index (κ3) is 9.75. The van der Waals surface area contributed by atoms with Crippen LogP contribution in [0.25, 0.3) is 0 Å². The summed E-state index contributed by atoms with van der Waals surface area (Å²) < 4.78 is 42.9. The number of hydrogen-bond acceptors (Lipinski definition) is 6. The van der Waals surface area contributed by atoms with Crippen molar-refractivity contribution in [3.8, 4) is 5.75 Å². The van der Waals surface area contributed by atoms with Gasteiger partial charge in [0.05, 0.1) is 12.9 Å². The standard InChI is InChI=1S/C26H31N3O4.C2HF3O2/c1-18(2)17-33-21-12-10-20(11-13-21)29(25(31)22-9-7-15-32-22)23(19-8-6-14-27-16-19)24(30)28-26(3,4)5;3-2(4,5)1(6)7/h6-16,18,23H,17H2,1-5H3,(H,28,30);(H,6,7). The predicted octanol–water partition coefficient (Wildman–Crippen LogP) is 5.65. The van der Waals surface area contributed by atoms with Gasteiger partial charge in [-0.05, 0) is 69.2 Å². The van der Waals surface area contributed by atoms with Crippen LogP contribution in [0.2, 0.25) is 0 Å². The van der Waals surface area contributed by atoms with Gasteiger partial charge in [-0.3, -0.25) is 19.5 Å². The third-order valence-electron chi connectivity index (χ3n) is 4.90. The smallest absolute Gasteiger partial charge is 0.490 e. The van der Waals surface area contributed by atoms with Gasteiger partial charge in [0.2, 0.25) is 5.91 Å². The van der Waals surface area contributed by atoms with Gasteiger partial charge in [-0.25, -0.2) is 4.79 Å². The second kappa shape index (κ2) is 13.6. The van der Waals surface area contributed by atoms with Crippen molar-refractivity contribution in [2.24, 2.45) is 5.92 Å².